The summed E-state index contributed by atoms with van der Waals surface area (Å²) in [5.41, 5.74) is -0.985. The highest BCUT2D eigenvalue weighted by atomic mass is 16.3. The van der Waals surface area contributed by atoms with E-state index >= 15 is 0 Å². The highest BCUT2D eigenvalue weighted by Crippen LogP contribution is 2.34. The average molecular weight is 227 g/mol. The molecule has 1 saturated heterocycles. The molecule has 0 aromatic rings. The van der Waals surface area contributed by atoms with E-state index in [4.69, 9.17) is 0 Å². The molecule has 0 unspecified atom stereocenters. The first-order chi connectivity index (χ1) is 7.44. The fourth-order valence-corrected chi connectivity index (χ4v) is 2.99. The van der Waals surface area contributed by atoms with E-state index in [1.807, 2.05) is 0 Å². The van der Waals surface area contributed by atoms with Gasteiger partial charge in [0.1, 0.15) is 0 Å². The van der Waals surface area contributed by atoms with E-state index in [0.29, 0.717) is 5.92 Å². The van der Waals surface area contributed by atoms with Gasteiger partial charge in [-0.2, -0.15) is 0 Å². The summed E-state index contributed by atoms with van der Waals surface area (Å²) in [5.74, 6) is 0.310. The minimum atomic E-state index is -0.509. The van der Waals surface area contributed by atoms with Gasteiger partial charge in [-0.05, 0) is 18.8 Å². The second-order valence-corrected chi connectivity index (χ2v) is 6.19. The zero-order valence-corrected chi connectivity index (χ0v) is 10.6. The van der Waals surface area contributed by atoms with Gasteiger partial charge in [-0.25, -0.2) is 0 Å². The Kier molecular flexibility index (Phi) is 3.30. The largest absolute Gasteiger partial charge is 0.389 e. The summed E-state index contributed by atoms with van der Waals surface area (Å²) in [6.07, 6.45) is 5.43. The molecule has 0 amide bonds. The van der Waals surface area contributed by atoms with Gasteiger partial charge >= 0.3 is 0 Å². The SMILES string of the molecule is CC(C)C1(O)CN(CC2(O)CCCCC2)C1. The first-order valence-corrected chi connectivity index (χ1v) is 6.61. The number of likely N-dealkylation sites (tertiary alicyclic amines) is 1. The van der Waals surface area contributed by atoms with E-state index < -0.39 is 11.2 Å². The Morgan fingerprint density at radius 2 is 1.62 bits per heavy atom. The highest BCUT2D eigenvalue weighted by Gasteiger charge is 2.46. The van der Waals surface area contributed by atoms with Crippen LogP contribution in [0.2, 0.25) is 0 Å². The van der Waals surface area contributed by atoms with Crippen LogP contribution in [0.4, 0.5) is 0 Å². The van der Waals surface area contributed by atoms with Gasteiger partial charge in [0, 0.05) is 19.6 Å². The normalized spacial score (nSPS) is 29.1. The maximum absolute atomic E-state index is 10.4. The van der Waals surface area contributed by atoms with E-state index in [1.165, 1.54) is 6.42 Å². The van der Waals surface area contributed by atoms with Crippen molar-refractivity contribution in [3.05, 3.63) is 0 Å². The number of nitrogens with zero attached hydrogens (tertiary/aromatic N) is 1. The van der Waals surface area contributed by atoms with Crippen LogP contribution in [0.3, 0.4) is 0 Å². The number of aliphatic hydroxyl groups is 2. The molecular weight excluding hydrogens is 202 g/mol. The molecule has 16 heavy (non-hydrogen) atoms. The van der Waals surface area contributed by atoms with Gasteiger partial charge < -0.3 is 10.2 Å². The lowest BCUT2D eigenvalue weighted by molar-refractivity contribution is -0.152. The summed E-state index contributed by atoms with van der Waals surface area (Å²) in [4.78, 5) is 2.20. The molecule has 0 aromatic heterocycles. The Morgan fingerprint density at radius 1 is 1.06 bits per heavy atom. The molecular formula is C13H25NO2. The fraction of sp³-hybridized carbons (Fsp3) is 1.00. The summed E-state index contributed by atoms with van der Waals surface area (Å²) in [5, 5.41) is 20.5. The van der Waals surface area contributed by atoms with Crippen LogP contribution in [0.25, 0.3) is 0 Å². The van der Waals surface area contributed by atoms with E-state index in [9.17, 15) is 10.2 Å². The summed E-state index contributed by atoms with van der Waals surface area (Å²) < 4.78 is 0. The van der Waals surface area contributed by atoms with Crippen molar-refractivity contribution in [2.45, 2.75) is 57.2 Å². The monoisotopic (exact) mass is 227 g/mol. The van der Waals surface area contributed by atoms with E-state index in [-0.39, 0.29) is 0 Å². The Morgan fingerprint density at radius 3 is 2.12 bits per heavy atom. The molecule has 1 saturated carbocycles. The molecule has 1 aliphatic carbocycles. The van der Waals surface area contributed by atoms with E-state index in [1.54, 1.807) is 0 Å². The average Bonchev–Trinajstić information content (AvgIpc) is 2.15. The van der Waals surface area contributed by atoms with Crippen LogP contribution in [-0.2, 0) is 0 Å². The Labute approximate surface area is 98.5 Å². The quantitative estimate of drug-likeness (QED) is 0.765. The van der Waals surface area contributed by atoms with E-state index in [0.717, 1.165) is 45.3 Å². The smallest absolute Gasteiger partial charge is 0.0922 e. The topological polar surface area (TPSA) is 43.7 Å². The molecule has 1 aliphatic heterocycles. The number of hydrogen-bond acceptors (Lipinski definition) is 3. The first kappa shape index (κ1) is 12.3. The van der Waals surface area contributed by atoms with Crippen molar-refractivity contribution < 1.29 is 10.2 Å². The zero-order chi connectivity index (χ0) is 11.8. The van der Waals surface area contributed by atoms with Gasteiger partial charge in [-0.1, -0.05) is 33.1 Å². The number of β-amino-alcohol motifs (C(OH)–C–C–N with tert-alkyl or cyclic N) is 2. The van der Waals surface area contributed by atoms with Gasteiger partial charge in [0.2, 0.25) is 0 Å². The molecule has 3 nitrogen and oxygen atoms in total. The van der Waals surface area contributed by atoms with Crippen molar-refractivity contribution in [3.63, 3.8) is 0 Å². The maximum Gasteiger partial charge on any atom is 0.0922 e. The molecule has 2 fully saturated rings. The van der Waals surface area contributed by atoms with Gasteiger partial charge in [0.15, 0.2) is 0 Å². The molecule has 0 atom stereocenters. The van der Waals surface area contributed by atoms with Crippen LogP contribution in [0.1, 0.15) is 46.0 Å². The van der Waals surface area contributed by atoms with E-state index in [2.05, 4.69) is 18.7 Å². The molecule has 2 rings (SSSR count). The standard InChI is InChI=1S/C13H25NO2/c1-11(2)13(16)9-14(10-13)8-12(15)6-4-3-5-7-12/h11,15-16H,3-10H2,1-2H3. The second-order valence-electron chi connectivity index (χ2n) is 6.19. The maximum atomic E-state index is 10.4. The third kappa shape index (κ3) is 2.41. The molecule has 0 bridgehead atoms. The zero-order valence-electron chi connectivity index (χ0n) is 10.6. The lowest BCUT2D eigenvalue weighted by Crippen LogP contribution is -2.67. The minimum absolute atomic E-state index is 0.310. The summed E-state index contributed by atoms with van der Waals surface area (Å²) in [6.45, 7) is 6.33. The highest BCUT2D eigenvalue weighted by molar-refractivity contribution is 5.00. The van der Waals surface area contributed by atoms with Crippen LogP contribution in [0, 0.1) is 5.92 Å². The molecule has 0 radical (unpaired) electrons. The van der Waals surface area contributed by atoms with Gasteiger partial charge in [0.05, 0.1) is 11.2 Å². The third-order valence-corrected chi connectivity index (χ3v) is 4.37. The van der Waals surface area contributed by atoms with Crippen molar-refractivity contribution in [3.8, 4) is 0 Å². The lowest BCUT2D eigenvalue weighted by atomic mass is 9.79. The fourth-order valence-electron chi connectivity index (χ4n) is 2.99. The van der Waals surface area contributed by atoms with Crippen LogP contribution in [-0.4, -0.2) is 45.9 Å². The minimum Gasteiger partial charge on any atom is -0.389 e. The molecule has 3 heteroatoms. The van der Waals surface area contributed by atoms with Gasteiger partial charge in [-0.15, -0.1) is 0 Å². The molecule has 1 heterocycles. The lowest BCUT2D eigenvalue weighted by Gasteiger charge is -2.51. The van der Waals surface area contributed by atoms with Crippen molar-refractivity contribution >= 4 is 0 Å². The molecule has 94 valence electrons. The van der Waals surface area contributed by atoms with Crippen molar-refractivity contribution in [2.24, 2.45) is 5.92 Å². The molecule has 0 spiro atoms. The Hall–Kier alpha value is -0.120. The Bertz CT molecular complexity index is 240. The predicted octanol–water partition coefficient (Wildman–Crippen LogP) is 1.38. The summed E-state index contributed by atoms with van der Waals surface area (Å²) >= 11 is 0. The predicted molar refractivity (Wildman–Crippen MR) is 64.3 cm³/mol. The van der Waals surface area contributed by atoms with Crippen LogP contribution in [0.5, 0.6) is 0 Å². The van der Waals surface area contributed by atoms with Crippen LogP contribution < -0.4 is 0 Å². The second kappa shape index (κ2) is 4.28. The van der Waals surface area contributed by atoms with Crippen molar-refractivity contribution in [1.82, 2.24) is 4.90 Å². The summed E-state index contributed by atoms with van der Waals surface area (Å²) in [6, 6.07) is 0. The van der Waals surface area contributed by atoms with Crippen LogP contribution in [0.15, 0.2) is 0 Å². The van der Waals surface area contributed by atoms with Crippen molar-refractivity contribution in [1.29, 1.82) is 0 Å². The van der Waals surface area contributed by atoms with Crippen LogP contribution >= 0.6 is 0 Å². The first-order valence-electron chi connectivity index (χ1n) is 6.61. The Balaban J connectivity index is 1.80. The molecule has 2 N–H and O–H groups in total. The van der Waals surface area contributed by atoms with Gasteiger partial charge in [0.25, 0.3) is 0 Å². The summed E-state index contributed by atoms with van der Waals surface area (Å²) in [7, 11) is 0. The van der Waals surface area contributed by atoms with Gasteiger partial charge in [-0.3, -0.25) is 4.90 Å². The third-order valence-electron chi connectivity index (χ3n) is 4.37. The molecule has 2 aliphatic rings. The molecule has 0 aromatic carbocycles. The number of hydrogen-bond donors (Lipinski definition) is 2. The van der Waals surface area contributed by atoms with Crippen molar-refractivity contribution in [2.75, 3.05) is 19.6 Å². The number of rotatable bonds is 3.